The van der Waals surface area contributed by atoms with Gasteiger partial charge in [-0.25, -0.2) is 0 Å². The Hall–Kier alpha value is -0.780. The highest BCUT2D eigenvalue weighted by molar-refractivity contribution is 5.26. The summed E-state index contributed by atoms with van der Waals surface area (Å²) in [7, 11) is 0. The van der Waals surface area contributed by atoms with E-state index in [1.54, 1.807) is 0 Å². The summed E-state index contributed by atoms with van der Waals surface area (Å²) in [5, 5.41) is 0. The molecule has 7 atom stereocenters. The van der Waals surface area contributed by atoms with E-state index >= 15 is 0 Å². The molecule has 0 aromatic carbocycles. The van der Waals surface area contributed by atoms with Crippen molar-refractivity contribution in [2.75, 3.05) is 0 Å². The van der Waals surface area contributed by atoms with Crippen LogP contribution in [0, 0.1) is 39.9 Å². The van der Waals surface area contributed by atoms with E-state index < -0.39 is 0 Å². The van der Waals surface area contributed by atoms with Gasteiger partial charge in [0, 0.05) is 0 Å². The van der Waals surface area contributed by atoms with Crippen molar-refractivity contribution in [1.29, 1.82) is 0 Å². The van der Waals surface area contributed by atoms with Gasteiger partial charge in [0.25, 0.3) is 0 Å². The number of rotatable bonds is 3. The predicted molar refractivity (Wildman–Crippen MR) is 113 cm³/mol. The maximum Gasteiger partial charge on any atom is -0.00247 e. The van der Waals surface area contributed by atoms with E-state index in [-0.39, 0.29) is 0 Å². The zero-order chi connectivity index (χ0) is 18.7. The van der Waals surface area contributed by atoms with Crippen LogP contribution in [0.3, 0.4) is 0 Å². The largest absolute Gasteiger partial charge is 0.102 e. The first-order valence-electron chi connectivity index (χ1n) is 11.3. The van der Waals surface area contributed by atoms with Crippen LogP contribution in [0.2, 0.25) is 0 Å². The Kier molecular flexibility index (Phi) is 4.37. The van der Waals surface area contributed by atoms with Crippen molar-refractivity contribution in [2.24, 2.45) is 39.9 Å². The van der Waals surface area contributed by atoms with Gasteiger partial charge in [0.15, 0.2) is 0 Å². The molecule has 0 amide bonds. The van der Waals surface area contributed by atoms with Crippen LogP contribution in [0.1, 0.15) is 85.0 Å². The Labute approximate surface area is 162 Å². The molecule has 0 aliphatic heterocycles. The summed E-state index contributed by atoms with van der Waals surface area (Å²) >= 11 is 0. The Balaban J connectivity index is 1.76. The molecule has 0 heteroatoms. The first kappa shape index (κ1) is 18.6. The normalized spacial score (nSPS) is 50.5. The van der Waals surface area contributed by atoms with E-state index in [9.17, 15) is 0 Å². The van der Waals surface area contributed by atoms with Gasteiger partial charge < -0.3 is 0 Å². The van der Waals surface area contributed by atoms with Gasteiger partial charge in [0.2, 0.25) is 0 Å². The Morgan fingerprint density at radius 1 is 1.12 bits per heavy atom. The topological polar surface area (TPSA) is 0 Å². The Morgan fingerprint density at radius 3 is 2.54 bits per heavy atom. The van der Waals surface area contributed by atoms with Crippen LogP contribution in [0.4, 0.5) is 0 Å². The van der Waals surface area contributed by atoms with Crippen molar-refractivity contribution < 1.29 is 0 Å². The van der Waals surface area contributed by atoms with Gasteiger partial charge in [-0.15, -0.1) is 6.58 Å². The molecule has 4 fully saturated rings. The summed E-state index contributed by atoms with van der Waals surface area (Å²) in [4.78, 5) is 0. The van der Waals surface area contributed by atoms with E-state index in [1.165, 1.54) is 75.4 Å². The fourth-order valence-electron chi connectivity index (χ4n) is 9.11. The number of hydrogen-bond acceptors (Lipinski definition) is 0. The summed E-state index contributed by atoms with van der Waals surface area (Å²) in [6.07, 6.45) is 16.0. The highest BCUT2D eigenvalue weighted by Crippen LogP contribution is 2.73. The highest BCUT2D eigenvalue weighted by atomic mass is 14.7. The molecular weight excluding hydrogens is 312 g/mol. The fourth-order valence-corrected chi connectivity index (χ4v) is 9.11. The van der Waals surface area contributed by atoms with Gasteiger partial charge in [0.05, 0.1) is 0 Å². The average Bonchev–Trinajstić information content (AvgIpc) is 2.99. The third kappa shape index (κ3) is 2.08. The molecule has 0 N–H and O–H groups in total. The molecule has 0 aromatic heterocycles. The maximum absolute atomic E-state index is 4.53. The second kappa shape index (κ2) is 6.11. The molecule has 4 aliphatic rings. The lowest BCUT2D eigenvalue weighted by Crippen LogP contribution is -2.58. The lowest BCUT2D eigenvalue weighted by atomic mass is 9.38. The van der Waals surface area contributed by atoms with Gasteiger partial charge in [-0.05, 0) is 111 Å². The SMILES string of the molecule is C=CC12CCC3C4CCC(C)C4(C(=C)C)CCC3C1(CC)CCC(=C)C2. The molecule has 0 nitrogen and oxygen atoms in total. The van der Waals surface area contributed by atoms with Gasteiger partial charge >= 0.3 is 0 Å². The third-order valence-electron chi connectivity index (χ3n) is 10.3. The van der Waals surface area contributed by atoms with Crippen LogP contribution in [0.25, 0.3) is 0 Å². The van der Waals surface area contributed by atoms with Gasteiger partial charge in [-0.2, -0.15) is 0 Å². The van der Waals surface area contributed by atoms with Crippen LogP contribution in [0.5, 0.6) is 0 Å². The quantitative estimate of drug-likeness (QED) is 0.456. The smallest absolute Gasteiger partial charge is 0.00247 e. The highest BCUT2D eigenvalue weighted by Gasteiger charge is 2.64. The first-order chi connectivity index (χ1) is 12.4. The molecule has 0 saturated heterocycles. The molecule has 7 unspecified atom stereocenters. The standard InChI is InChI=1S/C26H40/c1-7-24-14-12-21-22(25(24,8-2)15-11-19(5)17-24)13-16-26(18(3)4)20(6)9-10-23(21)26/h7,20-23H,1,3,5,8-17H2,2,4,6H3. The van der Waals surface area contributed by atoms with Crippen LogP contribution in [-0.4, -0.2) is 0 Å². The summed E-state index contributed by atoms with van der Waals surface area (Å²) in [5.41, 5.74) is 4.23. The lowest BCUT2D eigenvalue weighted by molar-refractivity contribution is -0.139. The molecule has 0 bridgehead atoms. The molecule has 0 aromatic rings. The van der Waals surface area contributed by atoms with E-state index in [4.69, 9.17) is 0 Å². The van der Waals surface area contributed by atoms with Crippen molar-refractivity contribution in [3.05, 3.63) is 37.0 Å². The molecule has 0 spiro atoms. The zero-order valence-corrected chi connectivity index (χ0v) is 17.6. The number of hydrogen-bond donors (Lipinski definition) is 0. The third-order valence-corrected chi connectivity index (χ3v) is 10.3. The van der Waals surface area contributed by atoms with Crippen molar-refractivity contribution in [3.63, 3.8) is 0 Å². The van der Waals surface area contributed by atoms with E-state index in [2.05, 4.69) is 46.6 Å². The lowest BCUT2D eigenvalue weighted by Gasteiger charge is -2.66. The summed E-state index contributed by atoms with van der Waals surface area (Å²) in [5.74, 6) is 3.55. The average molecular weight is 353 g/mol. The van der Waals surface area contributed by atoms with E-state index in [1.807, 2.05) is 0 Å². The van der Waals surface area contributed by atoms with Crippen molar-refractivity contribution in [3.8, 4) is 0 Å². The van der Waals surface area contributed by atoms with Crippen LogP contribution in [0.15, 0.2) is 37.0 Å². The number of allylic oxidation sites excluding steroid dienone is 3. The van der Waals surface area contributed by atoms with Crippen LogP contribution in [-0.2, 0) is 0 Å². The molecule has 26 heavy (non-hydrogen) atoms. The van der Waals surface area contributed by atoms with E-state index in [0.29, 0.717) is 16.2 Å². The van der Waals surface area contributed by atoms with Crippen molar-refractivity contribution in [1.82, 2.24) is 0 Å². The maximum atomic E-state index is 4.53. The second-order valence-electron chi connectivity index (χ2n) is 10.6. The zero-order valence-electron chi connectivity index (χ0n) is 17.6. The minimum Gasteiger partial charge on any atom is -0.102 e. The minimum absolute atomic E-state index is 0.325. The van der Waals surface area contributed by atoms with Crippen molar-refractivity contribution in [2.45, 2.75) is 85.0 Å². The van der Waals surface area contributed by atoms with Gasteiger partial charge in [-0.1, -0.05) is 44.2 Å². The van der Waals surface area contributed by atoms with E-state index in [0.717, 1.165) is 23.7 Å². The summed E-state index contributed by atoms with van der Waals surface area (Å²) in [6, 6.07) is 0. The Morgan fingerprint density at radius 2 is 1.88 bits per heavy atom. The van der Waals surface area contributed by atoms with Gasteiger partial charge in [0.1, 0.15) is 0 Å². The molecule has 4 rings (SSSR count). The summed E-state index contributed by atoms with van der Waals surface area (Å²) in [6.45, 7) is 20.7. The van der Waals surface area contributed by atoms with Gasteiger partial charge in [-0.3, -0.25) is 0 Å². The molecule has 0 heterocycles. The molecular formula is C26H40. The number of fused-ring (bicyclic) bond motifs is 5. The minimum atomic E-state index is 0.325. The van der Waals surface area contributed by atoms with Crippen molar-refractivity contribution >= 4 is 0 Å². The van der Waals surface area contributed by atoms with Crippen LogP contribution >= 0.6 is 0 Å². The van der Waals surface area contributed by atoms with Crippen LogP contribution < -0.4 is 0 Å². The first-order valence-corrected chi connectivity index (χ1v) is 11.3. The molecule has 0 radical (unpaired) electrons. The monoisotopic (exact) mass is 352 g/mol. The molecule has 4 saturated carbocycles. The molecule has 4 aliphatic carbocycles. The Bertz CT molecular complexity index is 626. The second-order valence-corrected chi connectivity index (χ2v) is 10.6. The fraction of sp³-hybridized carbons (Fsp3) is 0.769. The molecule has 144 valence electrons. The summed E-state index contributed by atoms with van der Waals surface area (Å²) < 4.78 is 0. The predicted octanol–water partition coefficient (Wildman–Crippen LogP) is 7.72.